The van der Waals surface area contributed by atoms with Gasteiger partial charge in [0.1, 0.15) is 17.3 Å². The lowest BCUT2D eigenvalue weighted by atomic mass is 9.52. The minimum atomic E-state index is 0.341. The van der Waals surface area contributed by atoms with E-state index in [0.29, 0.717) is 11.5 Å². The van der Waals surface area contributed by atoms with E-state index in [4.69, 9.17) is 9.15 Å². The molecule has 3 aliphatic rings. The number of benzene rings is 2. The van der Waals surface area contributed by atoms with E-state index in [1.165, 1.54) is 45.1 Å². The Morgan fingerprint density at radius 3 is 2.77 bits per heavy atom. The molecule has 2 aromatic carbocycles. The van der Waals surface area contributed by atoms with Crippen LogP contribution in [0.1, 0.15) is 49.0 Å². The summed E-state index contributed by atoms with van der Waals surface area (Å²) in [6.07, 6.45) is 10.7. The van der Waals surface area contributed by atoms with Gasteiger partial charge in [-0.1, -0.05) is 37.1 Å². The molecule has 0 unspecified atom stereocenters. The Hall–Kier alpha value is -2.52. The second kappa shape index (κ2) is 7.87. The molecule has 2 aliphatic carbocycles. The van der Waals surface area contributed by atoms with Gasteiger partial charge in [-0.05, 0) is 85.7 Å². The molecular weight excluding hydrogens is 382 g/mol. The summed E-state index contributed by atoms with van der Waals surface area (Å²) in [6, 6.07) is 21.9. The number of likely N-dealkylation sites (tertiary alicyclic amines) is 1. The molecule has 3 aromatic rings. The molecule has 1 saturated carbocycles. The zero-order chi connectivity index (χ0) is 20.7. The maximum Gasteiger partial charge on any atom is 0.127 e. The molecule has 0 amide bonds. The van der Waals surface area contributed by atoms with Gasteiger partial charge in [-0.15, -0.1) is 0 Å². The first-order chi connectivity index (χ1) is 15.3. The number of hydrogen-bond acceptors (Lipinski definition) is 3. The summed E-state index contributed by atoms with van der Waals surface area (Å²) < 4.78 is 11.9. The number of rotatable bonds is 5. The smallest absolute Gasteiger partial charge is 0.127 e. The van der Waals surface area contributed by atoms with E-state index in [2.05, 4.69) is 29.2 Å². The Morgan fingerprint density at radius 2 is 1.90 bits per heavy atom. The fourth-order valence-corrected chi connectivity index (χ4v) is 6.74. The fourth-order valence-electron chi connectivity index (χ4n) is 6.74. The van der Waals surface area contributed by atoms with Gasteiger partial charge in [0.2, 0.25) is 0 Å². The molecule has 6 rings (SSSR count). The average Bonchev–Trinajstić information content (AvgIpc) is 3.33. The summed E-state index contributed by atoms with van der Waals surface area (Å²) in [6.45, 7) is 2.31. The van der Waals surface area contributed by atoms with Crippen LogP contribution in [0, 0.1) is 5.92 Å². The number of furan rings is 1. The number of piperidine rings is 1. The summed E-state index contributed by atoms with van der Waals surface area (Å²) >= 11 is 0. The van der Waals surface area contributed by atoms with Gasteiger partial charge in [0.15, 0.2) is 0 Å². The first-order valence-electron chi connectivity index (χ1n) is 11.9. The Labute approximate surface area is 185 Å². The van der Waals surface area contributed by atoms with Crippen molar-refractivity contribution in [2.45, 2.75) is 56.4 Å². The third kappa shape index (κ3) is 3.40. The zero-order valence-corrected chi connectivity index (χ0v) is 18.1. The second-order valence-corrected chi connectivity index (χ2v) is 9.63. The van der Waals surface area contributed by atoms with E-state index in [1.54, 1.807) is 17.4 Å². The average molecular weight is 414 g/mol. The third-order valence-corrected chi connectivity index (χ3v) is 8.13. The molecule has 31 heavy (non-hydrogen) atoms. The van der Waals surface area contributed by atoms with Crippen molar-refractivity contribution >= 4 is 0 Å². The Bertz CT molecular complexity index is 1030. The topological polar surface area (TPSA) is 25.6 Å². The van der Waals surface area contributed by atoms with Crippen LogP contribution in [-0.2, 0) is 18.3 Å². The van der Waals surface area contributed by atoms with Gasteiger partial charge < -0.3 is 9.15 Å². The quantitative estimate of drug-likeness (QED) is 0.486. The lowest BCUT2D eigenvalue weighted by molar-refractivity contribution is -0.0111. The van der Waals surface area contributed by atoms with Crippen LogP contribution in [0.2, 0.25) is 0 Å². The minimum absolute atomic E-state index is 0.341. The minimum Gasteiger partial charge on any atom is -0.469 e. The molecule has 0 radical (unpaired) electrons. The third-order valence-electron chi connectivity index (χ3n) is 8.13. The molecule has 1 saturated heterocycles. The van der Waals surface area contributed by atoms with Crippen molar-refractivity contribution in [1.82, 2.24) is 4.90 Å². The van der Waals surface area contributed by atoms with Crippen molar-refractivity contribution in [2.75, 3.05) is 13.1 Å². The van der Waals surface area contributed by atoms with Gasteiger partial charge >= 0.3 is 0 Å². The lowest BCUT2D eigenvalue weighted by Gasteiger charge is -2.59. The summed E-state index contributed by atoms with van der Waals surface area (Å²) in [5.74, 6) is 3.79. The van der Waals surface area contributed by atoms with Crippen LogP contribution in [-0.4, -0.2) is 24.0 Å². The van der Waals surface area contributed by atoms with Gasteiger partial charge in [-0.25, -0.2) is 0 Å². The van der Waals surface area contributed by atoms with Crippen molar-refractivity contribution in [1.29, 1.82) is 0 Å². The largest absolute Gasteiger partial charge is 0.469 e. The molecule has 3 heteroatoms. The highest BCUT2D eigenvalue weighted by molar-refractivity contribution is 5.46. The van der Waals surface area contributed by atoms with Crippen LogP contribution in [0.25, 0.3) is 0 Å². The van der Waals surface area contributed by atoms with Gasteiger partial charge in [-0.2, -0.15) is 0 Å². The van der Waals surface area contributed by atoms with Gasteiger partial charge in [0.25, 0.3) is 0 Å². The predicted octanol–water partition coefficient (Wildman–Crippen LogP) is 6.37. The highest BCUT2D eigenvalue weighted by Gasteiger charge is 2.53. The Balaban J connectivity index is 1.30. The maximum atomic E-state index is 6.24. The highest BCUT2D eigenvalue weighted by Crippen LogP contribution is 2.56. The molecule has 160 valence electrons. The number of nitrogens with zero attached hydrogens (tertiary/aromatic N) is 1. The highest BCUT2D eigenvalue weighted by atomic mass is 16.5. The van der Waals surface area contributed by atoms with Crippen LogP contribution in [0.4, 0.5) is 0 Å². The summed E-state index contributed by atoms with van der Waals surface area (Å²) in [7, 11) is 0. The summed E-state index contributed by atoms with van der Waals surface area (Å²) in [5.41, 5.74) is 3.48. The predicted molar refractivity (Wildman–Crippen MR) is 123 cm³/mol. The second-order valence-electron chi connectivity index (χ2n) is 9.63. The van der Waals surface area contributed by atoms with Gasteiger partial charge in [0, 0.05) is 24.4 Å². The van der Waals surface area contributed by atoms with Crippen molar-refractivity contribution in [3.05, 3.63) is 83.8 Å². The SMILES string of the molecule is c1ccc(Oc2ccc3c(c2)[C@@]24CCCC[C@H]2[C@@H](C3)N(CCc2ccco2)CC4)cc1. The Morgan fingerprint density at radius 1 is 0.968 bits per heavy atom. The van der Waals surface area contributed by atoms with Crippen LogP contribution >= 0.6 is 0 Å². The van der Waals surface area contributed by atoms with E-state index >= 15 is 0 Å². The molecule has 0 spiro atoms. The molecular formula is C28H31NO2. The van der Waals surface area contributed by atoms with Crippen molar-refractivity contribution in [2.24, 2.45) is 5.92 Å². The maximum absolute atomic E-state index is 6.24. The number of fused-ring (bicyclic) bond motifs is 1. The zero-order valence-electron chi connectivity index (χ0n) is 18.1. The molecule has 3 nitrogen and oxygen atoms in total. The van der Waals surface area contributed by atoms with E-state index in [0.717, 1.165) is 36.1 Å². The van der Waals surface area contributed by atoms with Crippen LogP contribution < -0.4 is 4.74 Å². The number of ether oxygens (including phenoxy) is 1. The van der Waals surface area contributed by atoms with Crippen molar-refractivity contribution in [3.8, 4) is 11.5 Å². The summed E-state index contributed by atoms with van der Waals surface area (Å²) in [4.78, 5) is 2.77. The van der Waals surface area contributed by atoms with Crippen molar-refractivity contribution < 1.29 is 9.15 Å². The fraction of sp³-hybridized carbons (Fsp3) is 0.429. The normalized spacial score (nSPS) is 27.4. The Kier molecular flexibility index (Phi) is 4.87. The van der Waals surface area contributed by atoms with Crippen molar-refractivity contribution in [3.63, 3.8) is 0 Å². The molecule has 1 aromatic heterocycles. The number of para-hydroxylation sites is 1. The van der Waals surface area contributed by atoms with E-state index < -0.39 is 0 Å². The van der Waals surface area contributed by atoms with Crippen LogP contribution in [0.3, 0.4) is 0 Å². The molecule has 0 N–H and O–H groups in total. The molecule has 2 bridgehead atoms. The van der Waals surface area contributed by atoms with E-state index in [9.17, 15) is 0 Å². The van der Waals surface area contributed by atoms with E-state index in [1.807, 2.05) is 36.4 Å². The van der Waals surface area contributed by atoms with Gasteiger partial charge in [0.05, 0.1) is 6.26 Å². The first kappa shape index (κ1) is 19.2. The molecule has 3 atom stereocenters. The number of hydrogen-bond donors (Lipinski definition) is 0. The van der Waals surface area contributed by atoms with E-state index in [-0.39, 0.29) is 0 Å². The molecule has 2 heterocycles. The monoisotopic (exact) mass is 413 g/mol. The molecule has 2 fully saturated rings. The molecule has 1 aliphatic heterocycles. The van der Waals surface area contributed by atoms with Crippen LogP contribution in [0.15, 0.2) is 71.3 Å². The van der Waals surface area contributed by atoms with Gasteiger partial charge in [-0.3, -0.25) is 4.90 Å². The first-order valence-corrected chi connectivity index (χ1v) is 11.9. The lowest BCUT2D eigenvalue weighted by Crippen LogP contribution is -2.61. The standard InChI is InChI=1S/C28H31NO2/c1-2-7-23(8-3-1)31-24-12-11-21-19-27-25-10-4-5-14-28(25,26(21)20-24)15-17-29(27)16-13-22-9-6-18-30-22/h1-3,6-9,11-12,18,20,25,27H,4-5,10,13-17,19H2/t25-,27+,28+/m0/s1. The van der Waals surface area contributed by atoms with Crippen LogP contribution in [0.5, 0.6) is 11.5 Å². The summed E-state index contributed by atoms with van der Waals surface area (Å²) in [5, 5.41) is 0.